The fourth-order valence-corrected chi connectivity index (χ4v) is 3.04. The van der Waals surface area contributed by atoms with Crippen molar-refractivity contribution >= 4 is 33.8 Å². The van der Waals surface area contributed by atoms with Crippen LogP contribution in [0.3, 0.4) is 0 Å². The zero-order chi connectivity index (χ0) is 16.4. The van der Waals surface area contributed by atoms with E-state index in [0.29, 0.717) is 21.4 Å². The van der Waals surface area contributed by atoms with Crippen LogP contribution in [0, 0.1) is 10.1 Å². The normalized spacial score (nSPS) is 10.7. The lowest BCUT2D eigenvalue weighted by Gasteiger charge is -2.06. The van der Waals surface area contributed by atoms with E-state index in [4.69, 9.17) is 17.3 Å². The predicted octanol–water partition coefficient (Wildman–Crippen LogP) is 3.94. The standard InChI is InChI=1S/C15H11ClN4O2S/c16-12-2-1-3-14(20(21)22)11(12)7-10-6-9(4-5-18-10)13-8-23-15(17)19-13/h1-6,8H,7H2,(H2,17,19). The molecule has 2 aromatic heterocycles. The van der Waals surface area contributed by atoms with Crippen LogP contribution in [-0.2, 0) is 6.42 Å². The molecule has 0 unspecified atom stereocenters. The Kier molecular flexibility index (Phi) is 4.22. The monoisotopic (exact) mass is 346 g/mol. The van der Waals surface area contributed by atoms with Gasteiger partial charge in [-0.15, -0.1) is 11.3 Å². The summed E-state index contributed by atoms with van der Waals surface area (Å²) in [6, 6.07) is 8.29. The molecule has 0 aliphatic heterocycles. The quantitative estimate of drug-likeness (QED) is 0.570. The average Bonchev–Trinajstić information content (AvgIpc) is 2.96. The van der Waals surface area contributed by atoms with E-state index in [0.717, 1.165) is 11.3 Å². The van der Waals surface area contributed by atoms with Crippen LogP contribution in [0.4, 0.5) is 10.8 Å². The number of rotatable bonds is 4. The summed E-state index contributed by atoms with van der Waals surface area (Å²) in [7, 11) is 0. The number of aromatic nitrogens is 2. The van der Waals surface area contributed by atoms with Crippen molar-refractivity contribution in [3.8, 4) is 11.3 Å². The van der Waals surface area contributed by atoms with E-state index < -0.39 is 4.92 Å². The molecule has 0 spiro atoms. The zero-order valence-electron chi connectivity index (χ0n) is 11.8. The van der Waals surface area contributed by atoms with Crippen LogP contribution >= 0.6 is 22.9 Å². The summed E-state index contributed by atoms with van der Waals surface area (Å²) in [5.41, 5.74) is 8.37. The molecule has 0 bridgehead atoms. The van der Waals surface area contributed by atoms with Crippen molar-refractivity contribution in [2.45, 2.75) is 6.42 Å². The number of thiazole rings is 1. The molecule has 0 saturated carbocycles. The molecule has 0 atom stereocenters. The van der Waals surface area contributed by atoms with Crippen LogP contribution in [0.5, 0.6) is 0 Å². The molecule has 3 aromatic rings. The Labute approximate surface area is 140 Å². The van der Waals surface area contributed by atoms with E-state index in [9.17, 15) is 10.1 Å². The van der Waals surface area contributed by atoms with Gasteiger partial charge in [0.15, 0.2) is 5.13 Å². The second kappa shape index (κ2) is 6.31. The first-order chi connectivity index (χ1) is 11.0. The van der Waals surface area contributed by atoms with Gasteiger partial charge in [-0.2, -0.15) is 0 Å². The zero-order valence-corrected chi connectivity index (χ0v) is 13.3. The number of pyridine rings is 1. The first-order valence-electron chi connectivity index (χ1n) is 6.62. The molecule has 0 saturated heterocycles. The van der Waals surface area contributed by atoms with Gasteiger partial charge in [-0.3, -0.25) is 15.1 Å². The smallest absolute Gasteiger partial charge is 0.274 e. The Bertz CT molecular complexity index is 881. The summed E-state index contributed by atoms with van der Waals surface area (Å²) in [5, 5.41) is 13.9. The minimum Gasteiger partial charge on any atom is -0.375 e. The predicted molar refractivity (Wildman–Crippen MR) is 90.7 cm³/mol. The third-order valence-electron chi connectivity index (χ3n) is 3.28. The summed E-state index contributed by atoms with van der Waals surface area (Å²) in [5.74, 6) is 0. The maximum atomic E-state index is 11.2. The largest absolute Gasteiger partial charge is 0.375 e. The van der Waals surface area contributed by atoms with E-state index in [1.165, 1.54) is 17.4 Å². The van der Waals surface area contributed by atoms with Crippen molar-refractivity contribution in [2.75, 3.05) is 5.73 Å². The molecule has 0 radical (unpaired) electrons. The molecule has 1 aromatic carbocycles. The summed E-state index contributed by atoms with van der Waals surface area (Å²) in [6.07, 6.45) is 1.91. The molecule has 6 nitrogen and oxygen atoms in total. The summed E-state index contributed by atoms with van der Waals surface area (Å²) < 4.78 is 0. The van der Waals surface area contributed by atoms with Gasteiger partial charge >= 0.3 is 0 Å². The lowest BCUT2D eigenvalue weighted by atomic mass is 10.1. The molecule has 0 amide bonds. The van der Waals surface area contributed by atoms with Gasteiger partial charge in [0.2, 0.25) is 0 Å². The van der Waals surface area contributed by atoms with Crippen LogP contribution in [0.2, 0.25) is 5.02 Å². The second-order valence-corrected chi connectivity index (χ2v) is 6.08. The fraction of sp³-hybridized carbons (Fsp3) is 0.0667. The van der Waals surface area contributed by atoms with Crippen molar-refractivity contribution in [1.29, 1.82) is 0 Å². The molecular formula is C15H11ClN4O2S. The van der Waals surface area contributed by atoms with Gasteiger partial charge in [-0.05, 0) is 18.2 Å². The minimum absolute atomic E-state index is 0.0115. The van der Waals surface area contributed by atoms with Gasteiger partial charge in [0, 0.05) is 35.3 Å². The summed E-state index contributed by atoms with van der Waals surface area (Å²) in [6.45, 7) is 0. The molecule has 0 aliphatic carbocycles. The first-order valence-corrected chi connectivity index (χ1v) is 7.88. The second-order valence-electron chi connectivity index (χ2n) is 4.78. The number of anilines is 1. The third-order valence-corrected chi connectivity index (χ3v) is 4.31. The highest BCUT2D eigenvalue weighted by Gasteiger charge is 2.17. The maximum absolute atomic E-state index is 11.2. The molecule has 0 aliphatic rings. The number of nitro groups is 1. The molecular weight excluding hydrogens is 336 g/mol. The van der Waals surface area contributed by atoms with Gasteiger partial charge in [0.1, 0.15) is 0 Å². The Morgan fingerprint density at radius 2 is 2.17 bits per heavy atom. The Morgan fingerprint density at radius 3 is 2.87 bits per heavy atom. The molecule has 116 valence electrons. The fourth-order valence-electron chi connectivity index (χ4n) is 2.23. The van der Waals surface area contributed by atoms with E-state index in [-0.39, 0.29) is 12.1 Å². The first kappa shape index (κ1) is 15.4. The van der Waals surface area contributed by atoms with E-state index >= 15 is 0 Å². The highest BCUT2D eigenvalue weighted by atomic mass is 35.5. The highest BCUT2D eigenvalue weighted by Crippen LogP contribution is 2.29. The van der Waals surface area contributed by atoms with Crippen molar-refractivity contribution in [1.82, 2.24) is 9.97 Å². The van der Waals surface area contributed by atoms with Crippen LogP contribution in [0.15, 0.2) is 41.9 Å². The number of nitrogen functional groups attached to an aromatic ring is 1. The maximum Gasteiger partial charge on any atom is 0.274 e. The number of nitrogens with two attached hydrogens (primary N) is 1. The number of benzene rings is 1. The van der Waals surface area contributed by atoms with Gasteiger partial charge in [-0.25, -0.2) is 4.98 Å². The van der Waals surface area contributed by atoms with Crippen LogP contribution in [0.25, 0.3) is 11.3 Å². The van der Waals surface area contributed by atoms with Crippen LogP contribution in [-0.4, -0.2) is 14.9 Å². The van der Waals surface area contributed by atoms with Gasteiger partial charge in [0.05, 0.1) is 21.2 Å². The molecule has 0 fully saturated rings. The highest BCUT2D eigenvalue weighted by molar-refractivity contribution is 7.13. The SMILES string of the molecule is Nc1nc(-c2ccnc(Cc3c(Cl)cccc3[N+](=O)[O-])c2)cs1. The third kappa shape index (κ3) is 3.30. The van der Waals surface area contributed by atoms with Crippen LogP contribution in [0.1, 0.15) is 11.3 Å². The number of nitro benzene ring substituents is 1. The minimum atomic E-state index is -0.438. The molecule has 23 heavy (non-hydrogen) atoms. The van der Waals surface area contributed by atoms with Gasteiger partial charge < -0.3 is 5.73 Å². The Hall–Kier alpha value is -2.51. The van der Waals surface area contributed by atoms with Gasteiger partial charge in [-0.1, -0.05) is 17.7 Å². The topological polar surface area (TPSA) is 94.9 Å². The summed E-state index contributed by atoms with van der Waals surface area (Å²) in [4.78, 5) is 19.2. The van der Waals surface area contributed by atoms with Crippen molar-refractivity contribution < 1.29 is 4.92 Å². The molecule has 2 N–H and O–H groups in total. The lowest BCUT2D eigenvalue weighted by Crippen LogP contribution is -1.99. The van der Waals surface area contributed by atoms with Crippen LogP contribution < -0.4 is 5.73 Å². The van der Waals surface area contributed by atoms with E-state index in [2.05, 4.69) is 9.97 Å². The Balaban J connectivity index is 1.97. The number of nitrogens with zero attached hydrogens (tertiary/aromatic N) is 3. The number of halogens is 1. The lowest BCUT2D eigenvalue weighted by molar-refractivity contribution is -0.385. The van der Waals surface area contributed by atoms with Crippen molar-refractivity contribution in [2.24, 2.45) is 0 Å². The molecule has 3 rings (SSSR count). The molecule has 8 heteroatoms. The van der Waals surface area contributed by atoms with Crippen molar-refractivity contribution in [3.63, 3.8) is 0 Å². The van der Waals surface area contributed by atoms with E-state index in [1.54, 1.807) is 18.3 Å². The van der Waals surface area contributed by atoms with Crippen molar-refractivity contribution in [3.05, 3.63) is 68.3 Å². The van der Waals surface area contributed by atoms with Gasteiger partial charge in [0.25, 0.3) is 5.69 Å². The number of hydrogen-bond acceptors (Lipinski definition) is 6. The molecule has 2 heterocycles. The number of hydrogen-bond donors (Lipinski definition) is 1. The Morgan fingerprint density at radius 1 is 1.35 bits per heavy atom. The van der Waals surface area contributed by atoms with E-state index in [1.807, 2.05) is 17.5 Å². The summed E-state index contributed by atoms with van der Waals surface area (Å²) >= 11 is 7.48. The average molecular weight is 347 g/mol.